The van der Waals surface area contributed by atoms with Crippen LogP contribution in [0.15, 0.2) is 66.9 Å². The van der Waals surface area contributed by atoms with Crippen molar-refractivity contribution < 1.29 is 4.79 Å². The Morgan fingerprint density at radius 2 is 1.73 bits per heavy atom. The lowest BCUT2D eigenvalue weighted by Gasteiger charge is -2.04. The molecule has 0 aliphatic heterocycles. The second-order valence-corrected chi connectivity index (χ2v) is 4.67. The fourth-order valence-electron chi connectivity index (χ4n) is 1.98. The number of nitrogens with one attached hydrogen (secondary N) is 1. The zero-order valence-corrected chi connectivity index (χ0v) is 11.8. The third-order valence-corrected chi connectivity index (χ3v) is 3.12. The fraction of sp³-hybridized carbons (Fsp3) is 0.0588. The summed E-state index contributed by atoms with van der Waals surface area (Å²) in [4.78, 5) is 16.2. The molecular weight excluding hydrogens is 276 g/mol. The van der Waals surface area contributed by atoms with Crippen LogP contribution in [0.2, 0.25) is 0 Å². The van der Waals surface area contributed by atoms with Crippen molar-refractivity contribution in [2.45, 2.75) is 6.54 Å². The first-order valence-corrected chi connectivity index (χ1v) is 6.90. The van der Waals surface area contributed by atoms with E-state index in [9.17, 15) is 4.79 Å². The standard InChI is InChI=1S/C17H14N4O/c22-17(19-12-14-8-4-5-11-18-14)16-10-9-15(20-21-16)13-6-2-1-3-7-13/h1-11H,12H2,(H,19,22). The van der Waals surface area contributed by atoms with Crippen molar-refractivity contribution >= 4 is 5.91 Å². The molecule has 5 heteroatoms. The highest BCUT2D eigenvalue weighted by molar-refractivity contribution is 5.92. The zero-order chi connectivity index (χ0) is 15.2. The number of nitrogens with zero attached hydrogens (tertiary/aromatic N) is 3. The quantitative estimate of drug-likeness (QED) is 0.801. The maximum absolute atomic E-state index is 12.0. The van der Waals surface area contributed by atoms with Gasteiger partial charge in [-0.05, 0) is 24.3 Å². The third kappa shape index (κ3) is 3.32. The van der Waals surface area contributed by atoms with Crippen LogP contribution in [0, 0.1) is 0 Å². The number of carbonyl (C=O) groups excluding carboxylic acids is 1. The molecule has 2 heterocycles. The zero-order valence-electron chi connectivity index (χ0n) is 11.8. The minimum Gasteiger partial charge on any atom is -0.345 e. The molecule has 0 aliphatic rings. The van der Waals surface area contributed by atoms with Crippen molar-refractivity contribution in [2.24, 2.45) is 0 Å². The summed E-state index contributed by atoms with van der Waals surface area (Å²) in [5.74, 6) is -0.266. The molecule has 5 nitrogen and oxygen atoms in total. The summed E-state index contributed by atoms with van der Waals surface area (Å²) in [6, 6.07) is 18.7. The molecule has 0 spiro atoms. The molecule has 0 saturated carbocycles. The first-order chi connectivity index (χ1) is 10.8. The molecule has 0 unspecified atom stereocenters. The summed E-state index contributed by atoms with van der Waals surface area (Å²) in [6.45, 7) is 0.363. The molecule has 0 fully saturated rings. The van der Waals surface area contributed by atoms with Gasteiger partial charge in [0.1, 0.15) is 0 Å². The van der Waals surface area contributed by atoms with Gasteiger partial charge in [0.05, 0.1) is 17.9 Å². The SMILES string of the molecule is O=C(NCc1ccccn1)c1ccc(-c2ccccc2)nn1. The first kappa shape index (κ1) is 13.9. The van der Waals surface area contributed by atoms with E-state index in [0.29, 0.717) is 6.54 Å². The van der Waals surface area contributed by atoms with Gasteiger partial charge in [-0.1, -0.05) is 36.4 Å². The Morgan fingerprint density at radius 1 is 0.909 bits per heavy atom. The topological polar surface area (TPSA) is 67.8 Å². The van der Waals surface area contributed by atoms with Gasteiger partial charge in [0.2, 0.25) is 0 Å². The van der Waals surface area contributed by atoms with Gasteiger partial charge in [0, 0.05) is 11.8 Å². The molecule has 3 aromatic rings. The van der Waals surface area contributed by atoms with E-state index in [1.165, 1.54) is 0 Å². The molecule has 0 atom stereocenters. The Labute approximate surface area is 128 Å². The molecule has 1 amide bonds. The molecule has 0 bridgehead atoms. The minimum absolute atomic E-state index is 0.266. The molecule has 108 valence electrons. The summed E-state index contributed by atoms with van der Waals surface area (Å²) in [5, 5.41) is 10.9. The molecule has 3 rings (SSSR count). The van der Waals surface area contributed by atoms with Crippen LogP contribution in [0.25, 0.3) is 11.3 Å². The van der Waals surface area contributed by atoms with Crippen LogP contribution >= 0.6 is 0 Å². The van der Waals surface area contributed by atoms with Gasteiger partial charge in [-0.3, -0.25) is 9.78 Å². The molecule has 1 N–H and O–H groups in total. The highest BCUT2D eigenvalue weighted by Crippen LogP contribution is 2.14. The second kappa shape index (κ2) is 6.58. The maximum Gasteiger partial charge on any atom is 0.272 e. The Bertz CT molecular complexity index is 743. The van der Waals surface area contributed by atoms with Gasteiger partial charge >= 0.3 is 0 Å². The third-order valence-electron chi connectivity index (χ3n) is 3.12. The van der Waals surface area contributed by atoms with E-state index in [2.05, 4.69) is 20.5 Å². The molecule has 1 aromatic carbocycles. The van der Waals surface area contributed by atoms with E-state index in [1.807, 2.05) is 48.5 Å². The highest BCUT2D eigenvalue weighted by atomic mass is 16.1. The maximum atomic E-state index is 12.0. The van der Waals surface area contributed by atoms with E-state index in [4.69, 9.17) is 0 Å². The van der Waals surface area contributed by atoms with Gasteiger partial charge < -0.3 is 5.32 Å². The van der Waals surface area contributed by atoms with Crippen LogP contribution in [-0.4, -0.2) is 21.1 Å². The molecule has 2 aromatic heterocycles. The van der Waals surface area contributed by atoms with E-state index >= 15 is 0 Å². The normalized spacial score (nSPS) is 10.2. The number of amides is 1. The van der Waals surface area contributed by atoms with Crippen molar-refractivity contribution in [1.82, 2.24) is 20.5 Å². The summed E-state index contributed by atoms with van der Waals surface area (Å²) in [5.41, 5.74) is 2.79. The van der Waals surface area contributed by atoms with E-state index in [1.54, 1.807) is 18.3 Å². The van der Waals surface area contributed by atoms with Crippen LogP contribution in [0.3, 0.4) is 0 Å². The smallest absolute Gasteiger partial charge is 0.272 e. The number of rotatable bonds is 4. The summed E-state index contributed by atoms with van der Waals surface area (Å²) in [7, 11) is 0. The van der Waals surface area contributed by atoms with Crippen molar-refractivity contribution in [3.8, 4) is 11.3 Å². The molecule has 22 heavy (non-hydrogen) atoms. The number of aromatic nitrogens is 3. The molecular formula is C17H14N4O. The number of hydrogen-bond acceptors (Lipinski definition) is 4. The van der Waals surface area contributed by atoms with Crippen LogP contribution in [0.5, 0.6) is 0 Å². The Morgan fingerprint density at radius 3 is 2.41 bits per heavy atom. The predicted molar refractivity (Wildman–Crippen MR) is 82.9 cm³/mol. The van der Waals surface area contributed by atoms with Crippen LogP contribution in [0.4, 0.5) is 0 Å². The van der Waals surface area contributed by atoms with E-state index in [-0.39, 0.29) is 11.6 Å². The number of benzene rings is 1. The van der Waals surface area contributed by atoms with Gasteiger partial charge in [0.25, 0.3) is 5.91 Å². The van der Waals surface area contributed by atoms with Gasteiger partial charge in [-0.25, -0.2) is 0 Å². The van der Waals surface area contributed by atoms with Crippen molar-refractivity contribution in [2.75, 3.05) is 0 Å². The number of carbonyl (C=O) groups is 1. The molecule has 0 radical (unpaired) electrons. The van der Waals surface area contributed by atoms with E-state index < -0.39 is 0 Å². The predicted octanol–water partition coefficient (Wildman–Crippen LogP) is 2.47. The largest absolute Gasteiger partial charge is 0.345 e. The van der Waals surface area contributed by atoms with Gasteiger partial charge in [0.15, 0.2) is 5.69 Å². The Balaban J connectivity index is 1.66. The van der Waals surface area contributed by atoms with Gasteiger partial charge in [-0.15, -0.1) is 10.2 Å². The lowest BCUT2D eigenvalue weighted by molar-refractivity contribution is 0.0944. The second-order valence-electron chi connectivity index (χ2n) is 4.67. The van der Waals surface area contributed by atoms with Crippen molar-refractivity contribution in [3.05, 3.63) is 78.2 Å². The molecule has 0 aliphatic carbocycles. The van der Waals surface area contributed by atoms with Crippen molar-refractivity contribution in [3.63, 3.8) is 0 Å². The fourth-order valence-corrected chi connectivity index (χ4v) is 1.98. The van der Waals surface area contributed by atoms with Gasteiger partial charge in [-0.2, -0.15) is 0 Å². The highest BCUT2D eigenvalue weighted by Gasteiger charge is 2.08. The number of hydrogen-bond donors (Lipinski definition) is 1. The Hall–Kier alpha value is -3.08. The molecule has 0 saturated heterocycles. The Kier molecular flexibility index (Phi) is 4.15. The van der Waals surface area contributed by atoms with Crippen molar-refractivity contribution in [1.29, 1.82) is 0 Å². The monoisotopic (exact) mass is 290 g/mol. The van der Waals surface area contributed by atoms with Crippen LogP contribution in [-0.2, 0) is 6.54 Å². The minimum atomic E-state index is -0.266. The summed E-state index contributed by atoms with van der Waals surface area (Å²) in [6.07, 6.45) is 1.69. The first-order valence-electron chi connectivity index (χ1n) is 6.90. The average Bonchev–Trinajstić information content (AvgIpc) is 2.61. The van der Waals surface area contributed by atoms with E-state index in [0.717, 1.165) is 17.0 Å². The number of pyridine rings is 1. The van der Waals surface area contributed by atoms with Crippen LogP contribution in [0.1, 0.15) is 16.2 Å². The summed E-state index contributed by atoms with van der Waals surface area (Å²) < 4.78 is 0. The average molecular weight is 290 g/mol. The lowest BCUT2D eigenvalue weighted by Crippen LogP contribution is -2.24. The summed E-state index contributed by atoms with van der Waals surface area (Å²) >= 11 is 0. The van der Waals surface area contributed by atoms with Crippen LogP contribution < -0.4 is 5.32 Å². The lowest BCUT2D eigenvalue weighted by atomic mass is 10.1.